The molecule has 0 unspecified atom stereocenters. The summed E-state index contributed by atoms with van der Waals surface area (Å²) in [5.74, 6) is -2.01. The number of para-hydroxylation sites is 1. The Morgan fingerprint density at radius 2 is 1.62 bits per heavy atom. The van der Waals surface area contributed by atoms with Crippen LogP contribution >= 0.6 is 0 Å². The van der Waals surface area contributed by atoms with Gasteiger partial charge >= 0.3 is 12.1 Å². The van der Waals surface area contributed by atoms with Gasteiger partial charge in [-0.2, -0.15) is 10.2 Å². The molecule has 0 saturated carbocycles. The van der Waals surface area contributed by atoms with Gasteiger partial charge in [-0.1, -0.05) is 24.3 Å². The fraction of sp³-hybridized carbons (Fsp3) is 0.312. The van der Waals surface area contributed by atoms with Gasteiger partial charge in [-0.05, 0) is 43.3 Å². The number of benzene rings is 3. The third-order valence-electron chi connectivity index (χ3n) is 8.57. The van der Waals surface area contributed by atoms with Crippen LogP contribution in [-0.2, 0) is 18.7 Å². The van der Waals surface area contributed by atoms with Crippen LogP contribution in [-0.4, -0.2) is 77.7 Å². The average molecular weight is 671 g/mol. The predicted molar refractivity (Wildman–Crippen MR) is 164 cm³/mol. The maximum absolute atomic E-state index is 15.0. The van der Waals surface area contributed by atoms with Gasteiger partial charge < -0.3 is 14.7 Å². The second-order valence-electron chi connectivity index (χ2n) is 11.5. The molecule has 5 aromatic rings. The highest BCUT2D eigenvalue weighted by atomic mass is 19.4. The molecule has 252 valence electrons. The van der Waals surface area contributed by atoms with Crippen molar-refractivity contribution in [2.24, 2.45) is 0 Å². The molecule has 2 aromatic heterocycles. The summed E-state index contributed by atoms with van der Waals surface area (Å²) in [7, 11) is 0. The zero-order chi connectivity index (χ0) is 34.1. The summed E-state index contributed by atoms with van der Waals surface area (Å²) in [5.41, 5.74) is -0.787. The van der Waals surface area contributed by atoms with Gasteiger partial charge in [0, 0.05) is 55.1 Å². The van der Waals surface area contributed by atoms with Gasteiger partial charge in [0.25, 0.3) is 0 Å². The molecule has 2 atom stereocenters. The van der Waals surface area contributed by atoms with Crippen molar-refractivity contribution < 1.29 is 31.8 Å². The predicted octanol–water partition coefficient (Wildman–Crippen LogP) is 3.95. The Morgan fingerprint density at radius 3 is 2.29 bits per heavy atom. The summed E-state index contributed by atoms with van der Waals surface area (Å²) in [5, 5.41) is 20.1. The molecule has 0 bridgehead atoms. The number of ether oxygens (including phenoxy) is 1. The number of alkyl halides is 3. The Kier molecular flexibility index (Phi) is 9.03. The van der Waals surface area contributed by atoms with Crippen molar-refractivity contribution in [3.63, 3.8) is 0 Å². The fourth-order valence-electron chi connectivity index (χ4n) is 5.98. The van der Waals surface area contributed by atoms with Gasteiger partial charge in [-0.3, -0.25) is 4.90 Å². The van der Waals surface area contributed by atoms with Gasteiger partial charge in [0.05, 0.1) is 18.8 Å². The summed E-state index contributed by atoms with van der Waals surface area (Å²) in [6, 6.07) is 15.3. The van der Waals surface area contributed by atoms with E-state index in [-0.39, 0.29) is 24.2 Å². The van der Waals surface area contributed by atoms with E-state index < -0.39 is 41.1 Å². The molecule has 11 nitrogen and oxygen atoms in total. The van der Waals surface area contributed by atoms with Crippen molar-refractivity contribution in [1.82, 2.24) is 34.0 Å². The van der Waals surface area contributed by atoms with E-state index in [0.717, 1.165) is 22.5 Å². The Bertz CT molecular complexity index is 1900. The quantitative estimate of drug-likeness (QED) is 0.223. The van der Waals surface area contributed by atoms with Crippen LogP contribution in [0.4, 0.5) is 27.6 Å². The lowest BCUT2D eigenvalue weighted by Crippen LogP contribution is -2.57. The first-order valence-corrected chi connectivity index (χ1v) is 15.0. The van der Waals surface area contributed by atoms with Crippen LogP contribution in [0, 0.1) is 11.6 Å². The van der Waals surface area contributed by atoms with Crippen LogP contribution in [0.5, 0.6) is 5.75 Å². The maximum atomic E-state index is 15.0. The van der Waals surface area contributed by atoms with Crippen molar-refractivity contribution >= 4 is 5.69 Å². The zero-order valence-electron chi connectivity index (χ0n) is 25.6. The number of hydrogen-bond acceptors (Lipinski definition) is 8. The van der Waals surface area contributed by atoms with Gasteiger partial charge in [-0.15, -0.1) is 13.2 Å². The van der Waals surface area contributed by atoms with E-state index in [1.165, 1.54) is 52.5 Å². The van der Waals surface area contributed by atoms with Gasteiger partial charge in [0.2, 0.25) is 0 Å². The smallest absolute Gasteiger partial charge is 0.405 e. The third-order valence-corrected chi connectivity index (χ3v) is 8.57. The average Bonchev–Trinajstić information content (AvgIpc) is 3.70. The number of nitrogens with zero attached hydrogens (tertiary/aromatic N) is 8. The molecule has 0 aliphatic carbocycles. The van der Waals surface area contributed by atoms with Crippen molar-refractivity contribution in [2.75, 3.05) is 31.1 Å². The van der Waals surface area contributed by atoms with E-state index in [1.54, 1.807) is 25.1 Å². The highest BCUT2D eigenvalue weighted by molar-refractivity contribution is 5.51. The monoisotopic (exact) mass is 670 g/mol. The van der Waals surface area contributed by atoms with Crippen molar-refractivity contribution in [1.29, 1.82) is 0 Å². The highest BCUT2D eigenvalue weighted by Gasteiger charge is 2.42. The molecule has 16 heteroatoms. The molecular formula is C32H31F5N8O3. The molecule has 1 N–H and O–H groups in total. The van der Waals surface area contributed by atoms with Gasteiger partial charge in [0.15, 0.2) is 0 Å². The van der Waals surface area contributed by atoms with Crippen LogP contribution in [0.1, 0.15) is 18.1 Å². The van der Waals surface area contributed by atoms with E-state index in [4.69, 9.17) is 0 Å². The van der Waals surface area contributed by atoms with Crippen molar-refractivity contribution in [3.05, 3.63) is 119 Å². The molecule has 3 heterocycles. The molecular weight excluding hydrogens is 639 g/mol. The first kappa shape index (κ1) is 32.8. The molecule has 0 radical (unpaired) electrons. The lowest BCUT2D eigenvalue weighted by Gasteiger charge is -2.45. The van der Waals surface area contributed by atoms with Crippen LogP contribution in [0.3, 0.4) is 0 Å². The van der Waals surface area contributed by atoms with Gasteiger partial charge in [0.1, 0.15) is 42.0 Å². The first-order valence-electron chi connectivity index (χ1n) is 15.0. The largest absolute Gasteiger partial charge is 0.573 e. The molecule has 1 aliphatic heterocycles. The number of rotatable bonds is 10. The van der Waals surface area contributed by atoms with Gasteiger partial charge in [-0.25, -0.2) is 32.5 Å². The van der Waals surface area contributed by atoms with Crippen LogP contribution < -0.4 is 15.3 Å². The SMILES string of the molecule is C[C@@H](N1CCN(c2ccc(-n3cnn(Cc4ccccc4OC(F)(F)F)c3=O)cc2)CC1)[C@](O)(Cn1cncn1)c1ccc(F)cc1F. The Balaban J connectivity index is 1.13. The van der Waals surface area contributed by atoms with E-state index in [2.05, 4.69) is 24.8 Å². The summed E-state index contributed by atoms with van der Waals surface area (Å²) >= 11 is 0. The Morgan fingerprint density at radius 1 is 0.917 bits per heavy atom. The number of aliphatic hydroxyl groups is 1. The number of halogens is 5. The molecule has 3 aromatic carbocycles. The standard InChI is InChI=1S/C32H31F5N8O3/c1-22(31(47,18-43-20-38-19-39-43)27-11-6-24(33)16-28(27)34)41-12-14-42(15-13-41)25-7-9-26(10-8-25)44-21-40-45(30(44)46)17-23-4-2-3-5-29(23)48-32(35,36)37/h2-11,16,19-22,47H,12-15,17-18H2,1H3/t22-,31-/m1/s1. The summed E-state index contributed by atoms with van der Waals surface area (Å²) in [6.45, 7) is 3.68. The second kappa shape index (κ2) is 13.2. The minimum absolute atomic E-state index is 0.0395. The van der Waals surface area contributed by atoms with E-state index in [0.29, 0.717) is 31.9 Å². The minimum atomic E-state index is -4.88. The second-order valence-corrected chi connectivity index (χ2v) is 11.5. The summed E-state index contributed by atoms with van der Waals surface area (Å²) in [6.07, 6.45) is -0.837. The summed E-state index contributed by atoms with van der Waals surface area (Å²) in [4.78, 5) is 21.2. The van der Waals surface area contributed by atoms with Crippen molar-refractivity contribution in [2.45, 2.75) is 38.0 Å². The molecule has 0 amide bonds. The molecule has 1 saturated heterocycles. The Hall–Kier alpha value is -5.09. The number of aromatic nitrogens is 6. The minimum Gasteiger partial charge on any atom is -0.405 e. The first-order chi connectivity index (χ1) is 22.9. The van der Waals surface area contributed by atoms with Crippen LogP contribution in [0.25, 0.3) is 5.69 Å². The topological polar surface area (TPSA) is 106 Å². The summed E-state index contributed by atoms with van der Waals surface area (Å²) < 4.78 is 75.1. The Labute approximate surface area is 271 Å². The maximum Gasteiger partial charge on any atom is 0.573 e. The molecule has 1 fully saturated rings. The molecule has 48 heavy (non-hydrogen) atoms. The number of piperazine rings is 1. The number of anilines is 1. The van der Waals surface area contributed by atoms with Crippen LogP contribution in [0.15, 0.2) is 90.5 Å². The zero-order valence-corrected chi connectivity index (χ0v) is 25.6. The van der Waals surface area contributed by atoms with E-state index in [9.17, 15) is 31.9 Å². The molecule has 6 rings (SSSR count). The highest BCUT2D eigenvalue weighted by Crippen LogP contribution is 2.34. The van der Waals surface area contributed by atoms with Crippen LogP contribution in [0.2, 0.25) is 0 Å². The normalized spacial score (nSPS) is 16.1. The lowest BCUT2D eigenvalue weighted by atomic mass is 9.85. The number of hydrogen-bond donors (Lipinski definition) is 1. The van der Waals surface area contributed by atoms with Crippen molar-refractivity contribution in [3.8, 4) is 11.4 Å². The molecule has 1 aliphatic rings. The van der Waals surface area contributed by atoms with E-state index in [1.807, 2.05) is 17.0 Å². The lowest BCUT2D eigenvalue weighted by molar-refractivity contribution is -0.274. The third kappa shape index (κ3) is 6.94. The molecule has 0 spiro atoms. The fourth-order valence-corrected chi connectivity index (χ4v) is 5.98. The van der Waals surface area contributed by atoms with E-state index >= 15 is 0 Å².